The van der Waals surface area contributed by atoms with E-state index < -0.39 is 17.5 Å². The SMILES string of the molecule is CC(C)(C)OC(=O)NCc1cccc(C2CCN(C(=O)C=Cc3ccc4c(c3)COC(C)(C)O4)CC2)c1. The summed E-state index contributed by atoms with van der Waals surface area (Å²) in [5.74, 6) is 0.621. The smallest absolute Gasteiger partial charge is 0.407 e. The van der Waals surface area contributed by atoms with Crippen LogP contribution in [0.4, 0.5) is 4.79 Å². The van der Waals surface area contributed by atoms with Gasteiger partial charge in [0.2, 0.25) is 11.7 Å². The molecule has 0 spiro atoms. The van der Waals surface area contributed by atoms with Crippen molar-refractivity contribution in [2.24, 2.45) is 0 Å². The van der Waals surface area contributed by atoms with Gasteiger partial charge in [0.1, 0.15) is 11.4 Å². The number of carbonyl (C=O) groups excluding carboxylic acids is 2. The Morgan fingerprint density at radius 1 is 1.14 bits per heavy atom. The minimum absolute atomic E-state index is 0.0279. The molecule has 2 aliphatic rings. The first-order chi connectivity index (χ1) is 17.5. The van der Waals surface area contributed by atoms with Gasteiger partial charge in [-0.05, 0) is 74.4 Å². The Morgan fingerprint density at radius 3 is 2.62 bits per heavy atom. The zero-order valence-electron chi connectivity index (χ0n) is 22.5. The summed E-state index contributed by atoms with van der Waals surface area (Å²) in [5.41, 5.74) is 3.69. The van der Waals surface area contributed by atoms with Crippen LogP contribution in [-0.2, 0) is 27.4 Å². The molecule has 1 saturated heterocycles. The van der Waals surface area contributed by atoms with Gasteiger partial charge >= 0.3 is 6.09 Å². The molecule has 0 aromatic heterocycles. The Kier molecular flexibility index (Phi) is 7.93. The quantitative estimate of drug-likeness (QED) is 0.521. The Hall–Kier alpha value is -3.32. The Labute approximate surface area is 219 Å². The first kappa shape index (κ1) is 26.7. The van der Waals surface area contributed by atoms with E-state index in [-0.39, 0.29) is 5.91 Å². The van der Waals surface area contributed by atoms with Gasteiger partial charge in [0, 0.05) is 45.1 Å². The summed E-state index contributed by atoms with van der Waals surface area (Å²) >= 11 is 0. The van der Waals surface area contributed by atoms with Gasteiger partial charge < -0.3 is 24.4 Å². The van der Waals surface area contributed by atoms with Crippen LogP contribution in [0.2, 0.25) is 0 Å². The average Bonchev–Trinajstić information content (AvgIpc) is 2.85. The molecule has 2 heterocycles. The summed E-state index contributed by atoms with van der Waals surface area (Å²) in [4.78, 5) is 26.7. The molecule has 2 aromatic rings. The number of ether oxygens (including phenoxy) is 3. The van der Waals surface area contributed by atoms with Gasteiger partial charge in [-0.15, -0.1) is 0 Å². The molecule has 7 nitrogen and oxygen atoms in total. The highest BCUT2D eigenvalue weighted by Crippen LogP contribution is 2.32. The van der Waals surface area contributed by atoms with Crippen LogP contribution in [0.25, 0.3) is 6.08 Å². The van der Waals surface area contributed by atoms with Gasteiger partial charge in [0.05, 0.1) is 6.61 Å². The first-order valence-corrected chi connectivity index (χ1v) is 13.0. The number of hydrogen-bond acceptors (Lipinski definition) is 5. The molecule has 2 amide bonds. The standard InChI is InChI=1S/C30H38N2O5/c1-29(2,3)37-28(34)31-19-22-7-6-8-24(18-22)23-13-15-32(16-14-23)27(33)12-10-21-9-11-26-25(17-21)20-35-30(4,5)36-26/h6-12,17-18,23H,13-16,19-20H2,1-5H3,(H,31,34). The lowest BCUT2D eigenvalue weighted by Crippen LogP contribution is -2.37. The molecule has 0 unspecified atom stereocenters. The number of piperidine rings is 1. The summed E-state index contributed by atoms with van der Waals surface area (Å²) in [6.45, 7) is 11.7. The van der Waals surface area contributed by atoms with Crippen LogP contribution in [0, 0.1) is 0 Å². The van der Waals surface area contributed by atoms with E-state index in [0.717, 1.165) is 48.4 Å². The number of nitrogens with one attached hydrogen (secondary N) is 1. The van der Waals surface area contributed by atoms with Crippen LogP contribution < -0.4 is 10.1 Å². The molecule has 0 saturated carbocycles. The van der Waals surface area contributed by atoms with E-state index >= 15 is 0 Å². The molecule has 2 aliphatic heterocycles. The number of amides is 2. The van der Waals surface area contributed by atoms with Crippen molar-refractivity contribution < 1.29 is 23.8 Å². The van der Waals surface area contributed by atoms with Crippen molar-refractivity contribution in [3.63, 3.8) is 0 Å². The van der Waals surface area contributed by atoms with Gasteiger partial charge in [-0.25, -0.2) is 4.79 Å². The Bertz CT molecular complexity index is 1160. The topological polar surface area (TPSA) is 77.1 Å². The van der Waals surface area contributed by atoms with Gasteiger partial charge in [-0.1, -0.05) is 30.3 Å². The molecule has 1 fully saturated rings. The molecule has 0 atom stereocenters. The van der Waals surface area contributed by atoms with Crippen LogP contribution in [0.5, 0.6) is 5.75 Å². The maximum absolute atomic E-state index is 12.8. The molecular weight excluding hydrogens is 468 g/mol. The summed E-state index contributed by atoms with van der Waals surface area (Å²) in [6.07, 6.45) is 4.91. The lowest BCUT2D eigenvalue weighted by molar-refractivity contribution is -0.180. The molecule has 1 N–H and O–H groups in total. The second-order valence-corrected chi connectivity index (χ2v) is 11.2. The van der Waals surface area contributed by atoms with Crippen molar-refractivity contribution in [3.05, 3.63) is 70.8 Å². The Morgan fingerprint density at radius 2 is 1.89 bits per heavy atom. The number of alkyl carbamates (subject to hydrolysis) is 1. The monoisotopic (exact) mass is 506 g/mol. The van der Waals surface area contributed by atoms with E-state index in [1.165, 1.54) is 5.56 Å². The van der Waals surface area contributed by atoms with Crippen LogP contribution in [-0.4, -0.2) is 41.4 Å². The molecule has 198 valence electrons. The van der Waals surface area contributed by atoms with E-state index in [1.807, 2.05) is 75.9 Å². The predicted molar refractivity (Wildman–Crippen MR) is 143 cm³/mol. The van der Waals surface area contributed by atoms with E-state index in [9.17, 15) is 9.59 Å². The number of carbonyl (C=O) groups is 2. The zero-order chi connectivity index (χ0) is 26.6. The average molecular weight is 507 g/mol. The van der Waals surface area contributed by atoms with E-state index in [1.54, 1.807) is 6.08 Å². The molecule has 0 radical (unpaired) electrons. The minimum atomic E-state index is -0.620. The molecule has 2 aromatic carbocycles. The summed E-state index contributed by atoms with van der Waals surface area (Å²) in [5, 5.41) is 2.82. The van der Waals surface area contributed by atoms with Crippen molar-refractivity contribution in [2.45, 2.75) is 77.9 Å². The maximum Gasteiger partial charge on any atom is 0.407 e. The first-order valence-electron chi connectivity index (χ1n) is 13.0. The fourth-order valence-corrected chi connectivity index (χ4v) is 4.61. The van der Waals surface area contributed by atoms with Crippen LogP contribution in [0.1, 0.15) is 75.6 Å². The molecule has 7 heteroatoms. The van der Waals surface area contributed by atoms with Gasteiger partial charge in [0.25, 0.3) is 0 Å². The summed E-state index contributed by atoms with van der Waals surface area (Å²) < 4.78 is 16.9. The number of benzene rings is 2. The van der Waals surface area contributed by atoms with Gasteiger partial charge in [-0.3, -0.25) is 4.79 Å². The lowest BCUT2D eigenvalue weighted by atomic mass is 9.88. The van der Waals surface area contributed by atoms with E-state index in [0.29, 0.717) is 19.1 Å². The second kappa shape index (κ2) is 11.0. The van der Waals surface area contributed by atoms with E-state index in [2.05, 4.69) is 17.4 Å². The molecular formula is C30H38N2O5. The third-order valence-corrected chi connectivity index (χ3v) is 6.50. The fourth-order valence-electron chi connectivity index (χ4n) is 4.61. The highest BCUT2D eigenvalue weighted by atomic mass is 16.7. The normalized spacial score (nSPS) is 17.7. The third kappa shape index (κ3) is 7.59. The number of fused-ring (bicyclic) bond motifs is 1. The summed E-state index contributed by atoms with van der Waals surface area (Å²) in [6, 6.07) is 14.2. The molecule has 0 bridgehead atoms. The van der Waals surface area contributed by atoms with Crippen molar-refractivity contribution in [1.29, 1.82) is 0 Å². The molecule has 37 heavy (non-hydrogen) atoms. The molecule has 4 rings (SSSR count). The largest absolute Gasteiger partial charge is 0.463 e. The second-order valence-electron chi connectivity index (χ2n) is 11.2. The van der Waals surface area contributed by atoms with Gasteiger partial charge in [-0.2, -0.15) is 0 Å². The van der Waals surface area contributed by atoms with Crippen LogP contribution in [0.3, 0.4) is 0 Å². The fraction of sp³-hybridized carbons (Fsp3) is 0.467. The van der Waals surface area contributed by atoms with Crippen molar-refractivity contribution in [2.75, 3.05) is 13.1 Å². The van der Waals surface area contributed by atoms with Crippen molar-refractivity contribution >= 4 is 18.1 Å². The Balaban J connectivity index is 1.28. The van der Waals surface area contributed by atoms with Crippen molar-refractivity contribution in [1.82, 2.24) is 10.2 Å². The van der Waals surface area contributed by atoms with Crippen LogP contribution in [0.15, 0.2) is 48.5 Å². The van der Waals surface area contributed by atoms with E-state index in [4.69, 9.17) is 14.2 Å². The summed E-state index contributed by atoms with van der Waals surface area (Å²) in [7, 11) is 0. The van der Waals surface area contributed by atoms with Crippen molar-refractivity contribution in [3.8, 4) is 5.75 Å². The maximum atomic E-state index is 12.8. The molecule has 0 aliphatic carbocycles. The lowest BCUT2D eigenvalue weighted by Gasteiger charge is -2.32. The minimum Gasteiger partial charge on any atom is -0.463 e. The number of likely N-dealkylation sites (tertiary alicyclic amines) is 1. The third-order valence-electron chi connectivity index (χ3n) is 6.50. The highest BCUT2D eigenvalue weighted by Gasteiger charge is 2.27. The number of nitrogens with zero attached hydrogens (tertiary/aromatic N) is 1. The number of hydrogen-bond donors (Lipinski definition) is 1. The number of rotatable bonds is 5. The zero-order valence-corrected chi connectivity index (χ0v) is 22.5. The van der Waals surface area contributed by atoms with Gasteiger partial charge in [0.15, 0.2) is 0 Å². The van der Waals surface area contributed by atoms with Crippen LogP contribution >= 0.6 is 0 Å². The highest BCUT2D eigenvalue weighted by molar-refractivity contribution is 5.91. The predicted octanol–water partition coefficient (Wildman–Crippen LogP) is 5.78.